The maximum atomic E-state index is 13.3. The number of carbonyl (C=O) groups is 3. The van der Waals surface area contributed by atoms with Gasteiger partial charge in [-0.2, -0.15) is 0 Å². The van der Waals surface area contributed by atoms with E-state index < -0.39 is 47.0 Å². The van der Waals surface area contributed by atoms with Crippen LogP contribution < -0.4 is 10.2 Å². The van der Waals surface area contributed by atoms with Gasteiger partial charge in [0.1, 0.15) is 17.1 Å². The van der Waals surface area contributed by atoms with Crippen LogP contribution in [0.1, 0.15) is 25.1 Å². The van der Waals surface area contributed by atoms with E-state index in [1.54, 1.807) is 19.1 Å². The Morgan fingerprint density at radius 1 is 1.25 bits per heavy atom. The fourth-order valence-electron chi connectivity index (χ4n) is 4.40. The van der Waals surface area contributed by atoms with E-state index in [4.69, 9.17) is 9.15 Å². The normalized spacial score (nSPS) is 29.2. The number of hydrogen-bond acceptors (Lipinski definition) is 6. The molecule has 2 aliphatic heterocycles. The van der Waals surface area contributed by atoms with Crippen LogP contribution in [0.3, 0.4) is 0 Å². The lowest BCUT2D eigenvalue weighted by molar-refractivity contribution is -0.152. The highest BCUT2D eigenvalue weighted by Crippen LogP contribution is 2.51. The minimum Gasteiger partial charge on any atom is -0.468 e. The van der Waals surface area contributed by atoms with Crippen molar-refractivity contribution in [1.29, 1.82) is 0 Å². The molecule has 0 spiro atoms. The first kappa shape index (κ1) is 18.4. The van der Waals surface area contributed by atoms with Crippen LogP contribution in [-0.4, -0.2) is 30.4 Å². The summed E-state index contributed by atoms with van der Waals surface area (Å²) in [4.78, 5) is 40.4. The summed E-state index contributed by atoms with van der Waals surface area (Å²) in [6, 6.07) is 7.80. The van der Waals surface area contributed by atoms with Crippen LogP contribution >= 0.6 is 0 Å². The van der Waals surface area contributed by atoms with E-state index in [0.29, 0.717) is 5.76 Å². The van der Waals surface area contributed by atoms with Gasteiger partial charge in [-0.1, -0.05) is 6.92 Å². The van der Waals surface area contributed by atoms with Crippen molar-refractivity contribution in [1.82, 2.24) is 5.32 Å². The summed E-state index contributed by atoms with van der Waals surface area (Å²) in [7, 11) is 1.25. The van der Waals surface area contributed by atoms with Crippen molar-refractivity contribution >= 4 is 23.5 Å². The van der Waals surface area contributed by atoms with Gasteiger partial charge >= 0.3 is 5.97 Å². The highest BCUT2D eigenvalue weighted by atomic mass is 19.1. The second-order valence-electron chi connectivity index (χ2n) is 6.95. The topological polar surface area (TPSA) is 88.8 Å². The van der Waals surface area contributed by atoms with Crippen molar-refractivity contribution in [2.24, 2.45) is 11.8 Å². The minimum atomic E-state index is -1.36. The number of fused-ring (bicyclic) bond motifs is 1. The number of carbonyl (C=O) groups excluding carboxylic acids is 3. The van der Waals surface area contributed by atoms with E-state index in [1.807, 2.05) is 0 Å². The first-order chi connectivity index (χ1) is 13.4. The van der Waals surface area contributed by atoms with E-state index in [9.17, 15) is 18.8 Å². The van der Waals surface area contributed by atoms with E-state index in [-0.39, 0.29) is 12.1 Å². The number of nitrogens with one attached hydrogen (secondary N) is 1. The molecule has 0 aliphatic carbocycles. The van der Waals surface area contributed by atoms with Gasteiger partial charge in [0.15, 0.2) is 0 Å². The van der Waals surface area contributed by atoms with Crippen molar-refractivity contribution < 1.29 is 27.9 Å². The van der Waals surface area contributed by atoms with Crippen LogP contribution in [0, 0.1) is 17.7 Å². The van der Waals surface area contributed by atoms with Crippen LogP contribution in [0.2, 0.25) is 0 Å². The number of ether oxygens (including phenoxy) is 1. The van der Waals surface area contributed by atoms with E-state index in [1.165, 1.54) is 37.6 Å². The number of esters is 1. The Morgan fingerprint density at radius 3 is 2.54 bits per heavy atom. The Balaban J connectivity index is 1.84. The lowest BCUT2D eigenvalue weighted by Crippen LogP contribution is -2.55. The Hall–Kier alpha value is -3.00. The fraction of sp³-hybridized carbons (Fsp3) is 0.350. The third kappa shape index (κ3) is 2.41. The second kappa shape index (κ2) is 6.56. The van der Waals surface area contributed by atoms with Crippen LogP contribution in [0.5, 0.6) is 0 Å². The number of hydrogen-bond donors (Lipinski definition) is 1. The van der Waals surface area contributed by atoms with Gasteiger partial charge in [0.05, 0.1) is 36.9 Å². The molecule has 1 aromatic carbocycles. The third-order valence-corrected chi connectivity index (χ3v) is 5.70. The lowest BCUT2D eigenvalue weighted by Gasteiger charge is -2.31. The van der Waals surface area contributed by atoms with E-state index in [0.717, 1.165) is 4.90 Å². The number of furan rings is 1. The highest BCUT2D eigenvalue weighted by Gasteiger charge is 2.68. The van der Waals surface area contributed by atoms with Crippen molar-refractivity contribution in [2.45, 2.75) is 24.9 Å². The predicted molar refractivity (Wildman–Crippen MR) is 95.5 cm³/mol. The molecule has 0 bridgehead atoms. The molecule has 4 rings (SSSR count). The number of imide groups is 1. The van der Waals surface area contributed by atoms with Crippen molar-refractivity contribution in [3.05, 3.63) is 54.2 Å². The van der Waals surface area contributed by atoms with Gasteiger partial charge in [-0.15, -0.1) is 0 Å². The van der Waals surface area contributed by atoms with E-state index in [2.05, 4.69) is 5.32 Å². The maximum Gasteiger partial charge on any atom is 0.326 e. The Bertz CT molecular complexity index is 927. The van der Waals surface area contributed by atoms with Gasteiger partial charge in [0.2, 0.25) is 11.8 Å². The van der Waals surface area contributed by atoms with Crippen molar-refractivity contribution in [3.63, 3.8) is 0 Å². The number of anilines is 1. The van der Waals surface area contributed by atoms with Crippen molar-refractivity contribution in [2.75, 3.05) is 12.0 Å². The molecule has 1 aromatic heterocycles. The summed E-state index contributed by atoms with van der Waals surface area (Å²) in [5.41, 5.74) is -1.10. The fourth-order valence-corrected chi connectivity index (χ4v) is 4.40. The number of amides is 2. The van der Waals surface area contributed by atoms with Gasteiger partial charge in [-0.25, -0.2) is 9.29 Å². The molecule has 0 radical (unpaired) electrons. The number of halogens is 1. The molecule has 2 saturated heterocycles. The maximum absolute atomic E-state index is 13.3. The molecule has 2 aliphatic rings. The zero-order chi connectivity index (χ0) is 20.1. The van der Waals surface area contributed by atoms with Gasteiger partial charge in [-0.05, 0) is 42.8 Å². The molecule has 7 nitrogen and oxygen atoms in total. The van der Waals surface area contributed by atoms with Gasteiger partial charge in [0.25, 0.3) is 0 Å². The molecule has 146 valence electrons. The molecule has 2 amide bonds. The monoisotopic (exact) mass is 386 g/mol. The molecule has 2 aromatic rings. The van der Waals surface area contributed by atoms with E-state index >= 15 is 0 Å². The average molecular weight is 386 g/mol. The first-order valence-electron chi connectivity index (χ1n) is 8.97. The molecule has 1 N–H and O–H groups in total. The average Bonchev–Trinajstić information content (AvgIpc) is 3.39. The minimum absolute atomic E-state index is 0.244. The lowest BCUT2D eigenvalue weighted by atomic mass is 9.78. The van der Waals surface area contributed by atoms with Crippen LogP contribution in [-0.2, 0) is 19.1 Å². The van der Waals surface area contributed by atoms with Crippen LogP contribution in [0.15, 0.2) is 47.1 Å². The Morgan fingerprint density at radius 2 is 1.96 bits per heavy atom. The van der Waals surface area contributed by atoms with Gasteiger partial charge in [-0.3, -0.25) is 19.7 Å². The molecule has 0 unspecified atom stereocenters. The number of nitrogens with zero attached hydrogens (tertiary/aromatic N) is 1. The summed E-state index contributed by atoms with van der Waals surface area (Å²) in [5, 5.41) is 3.15. The van der Waals surface area contributed by atoms with Gasteiger partial charge in [0, 0.05) is 0 Å². The largest absolute Gasteiger partial charge is 0.468 e. The third-order valence-electron chi connectivity index (χ3n) is 5.70. The Labute approximate surface area is 160 Å². The zero-order valence-corrected chi connectivity index (χ0v) is 15.3. The standard InChI is InChI=1S/C20H19FN2O5/c1-3-20(19(26)27-2)15-14(16(22-20)13-5-4-10-28-13)17(24)23(18(15)25)12-8-6-11(21)7-9-12/h4-10,14-16,22H,3H2,1-2H3/t14-,15+,16-,20+/m1/s1. The summed E-state index contributed by atoms with van der Waals surface area (Å²) in [6.45, 7) is 1.75. The zero-order valence-electron chi connectivity index (χ0n) is 15.3. The molecule has 28 heavy (non-hydrogen) atoms. The quantitative estimate of drug-likeness (QED) is 0.640. The van der Waals surface area contributed by atoms with Crippen LogP contribution in [0.25, 0.3) is 0 Å². The molecule has 3 heterocycles. The summed E-state index contributed by atoms with van der Waals surface area (Å²) in [6.07, 6.45) is 1.71. The van der Waals surface area contributed by atoms with Crippen LogP contribution in [0.4, 0.5) is 10.1 Å². The SMILES string of the molecule is CC[C@]1(C(=O)OC)N[C@H](c2ccco2)[C@@H]2C(=O)N(c3ccc(F)cc3)C(=O)[C@H]21. The van der Waals surface area contributed by atoms with Gasteiger partial charge < -0.3 is 9.15 Å². The number of rotatable bonds is 4. The first-order valence-corrected chi connectivity index (χ1v) is 8.97. The smallest absolute Gasteiger partial charge is 0.326 e. The molecule has 2 fully saturated rings. The second-order valence-corrected chi connectivity index (χ2v) is 6.95. The Kier molecular flexibility index (Phi) is 4.30. The molecule has 8 heteroatoms. The summed E-state index contributed by atoms with van der Waals surface area (Å²) < 4.78 is 23.8. The van der Waals surface area contributed by atoms with Crippen molar-refractivity contribution in [3.8, 4) is 0 Å². The molecular formula is C20H19FN2O5. The molecular weight excluding hydrogens is 367 g/mol. The summed E-state index contributed by atoms with van der Waals surface area (Å²) in [5.74, 6) is -3.42. The molecule has 0 saturated carbocycles. The predicted octanol–water partition coefficient (Wildman–Crippen LogP) is 2.19. The summed E-state index contributed by atoms with van der Waals surface area (Å²) >= 11 is 0. The number of methoxy groups -OCH3 is 1. The number of benzene rings is 1. The molecule has 4 atom stereocenters. The highest BCUT2D eigenvalue weighted by molar-refractivity contribution is 6.24.